The zero-order valence-corrected chi connectivity index (χ0v) is 13.6. The lowest BCUT2D eigenvalue weighted by molar-refractivity contribution is -0.115. The molecule has 1 aliphatic heterocycles. The number of likely N-dealkylation sites (N-methyl/N-ethyl adjacent to an activating group) is 1. The smallest absolute Gasteiger partial charge is 0.229 e. The summed E-state index contributed by atoms with van der Waals surface area (Å²) in [5, 5.41) is 10.9. The van der Waals surface area contributed by atoms with Crippen LogP contribution in [0.1, 0.15) is 5.56 Å². The van der Waals surface area contributed by atoms with Crippen molar-refractivity contribution in [3.05, 3.63) is 47.8 Å². The van der Waals surface area contributed by atoms with Crippen molar-refractivity contribution < 1.29 is 9.18 Å². The molecule has 0 spiro atoms. The highest BCUT2D eigenvalue weighted by Gasteiger charge is 2.15. The van der Waals surface area contributed by atoms with E-state index in [0.717, 1.165) is 32.0 Å². The zero-order valence-electron chi connectivity index (χ0n) is 13.6. The fourth-order valence-electron chi connectivity index (χ4n) is 2.62. The first kappa shape index (κ1) is 16.3. The van der Waals surface area contributed by atoms with Crippen LogP contribution in [-0.2, 0) is 11.2 Å². The second kappa shape index (κ2) is 7.35. The summed E-state index contributed by atoms with van der Waals surface area (Å²) in [6, 6.07) is 9.60. The topological polar surface area (TPSA) is 61.4 Å². The molecule has 1 amide bonds. The van der Waals surface area contributed by atoms with Gasteiger partial charge in [0.25, 0.3) is 0 Å². The molecule has 1 saturated heterocycles. The van der Waals surface area contributed by atoms with Gasteiger partial charge < -0.3 is 15.1 Å². The van der Waals surface area contributed by atoms with Gasteiger partial charge in [-0.1, -0.05) is 12.1 Å². The largest absolute Gasteiger partial charge is 0.353 e. The Labute approximate surface area is 140 Å². The lowest BCUT2D eigenvalue weighted by atomic mass is 10.1. The average Bonchev–Trinajstić information content (AvgIpc) is 2.56. The maximum absolute atomic E-state index is 13.1. The molecule has 1 aliphatic rings. The maximum atomic E-state index is 13.1. The Bertz CT molecular complexity index is 698. The van der Waals surface area contributed by atoms with Crippen molar-refractivity contribution in [2.75, 3.05) is 43.4 Å². The second-order valence-corrected chi connectivity index (χ2v) is 5.92. The van der Waals surface area contributed by atoms with Crippen molar-refractivity contribution in [2.45, 2.75) is 6.42 Å². The van der Waals surface area contributed by atoms with Crippen LogP contribution in [0, 0.1) is 5.82 Å². The molecule has 3 rings (SSSR count). The number of aromatic nitrogens is 2. The summed E-state index contributed by atoms with van der Waals surface area (Å²) < 4.78 is 13.1. The van der Waals surface area contributed by atoms with Gasteiger partial charge in [0.15, 0.2) is 11.6 Å². The predicted octanol–water partition coefficient (Wildman–Crippen LogP) is 1.55. The molecule has 0 saturated carbocycles. The Morgan fingerprint density at radius 3 is 2.62 bits per heavy atom. The van der Waals surface area contributed by atoms with Crippen LogP contribution in [0.2, 0.25) is 0 Å². The predicted molar refractivity (Wildman–Crippen MR) is 90.5 cm³/mol. The van der Waals surface area contributed by atoms with E-state index in [1.807, 2.05) is 6.07 Å². The third-order valence-corrected chi connectivity index (χ3v) is 4.00. The summed E-state index contributed by atoms with van der Waals surface area (Å²) in [7, 11) is 2.10. The number of hydrogen-bond acceptors (Lipinski definition) is 5. The number of halogens is 1. The number of amides is 1. The number of nitrogens with one attached hydrogen (secondary N) is 1. The van der Waals surface area contributed by atoms with Gasteiger partial charge in [-0.15, -0.1) is 10.2 Å². The molecule has 2 aromatic rings. The van der Waals surface area contributed by atoms with Crippen LogP contribution in [0.4, 0.5) is 16.0 Å². The molecule has 6 nitrogen and oxygen atoms in total. The van der Waals surface area contributed by atoms with Gasteiger partial charge in [-0.3, -0.25) is 4.79 Å². The summed E-state index contributed by atoms with van der Waals surface area (Å²) in [4.78, 5) is 16.4. The first-order chi connectivity index (χ1) is 11.6. The third kappa shape index (κ3) is 4.26. The zero-order chi connectivity index (χ0) is 16.9. The number of hydrogen-bond donors (Lipinski definition) is 1. The molecule has 0 aliphatic carbocycles. The molecule has 1 fully saturated rings. The SMILES string of the molecule is CN1CCN(c2ccc(NC(=O)Cc3cccc(F)c3)nn2)CC1. The lowest BCUT2D eigenvalue weighted by Crippen LogP contribution is -2.44. The Kier molecular flexibility index (Phi) is 5.00. The quantitative estimate of drug-likeness (QED) is 0.922. The van der Waals surface area contributed by atoms with E-state index in [1.54, 1.807) is 18.2 Å². The van der Waals surface area contributed by atoms with E-state index in [0.29, 0.717) is 11.4 Å². The van der Waals surface area contributed by atoms with Crippen molar-refractivity contribution in [3.8, 4) is 0 Å². The van der Waals surface area contributed by atoms with Gasteiger partial charge in [-0.2, -0.15) is 0 Å². The molecular weight excluding hydrogens is 309 g/mol. The van der Waals surface area contributed by atoms with E-state index >= 15 is 0 Å². The summed E-state index contributed by atoms with van der Waals surface area (Å²) in [5.41, 5.74) is 0.620. The number of carbonyl (C=O) groups excluding carboxylic acids is 1. The van der Waals surface area contributed by atoms with E-state index in [2.05, 4.69) is 32.4 Å². The van der Waals surface area contributed by atoms with Gasteiger partial charge >= 0.3 is 0 Å². The standard InChI is InChI=1S/C17H20FN5O/c1-22-7-9-23(10-8-22)16-6-5-15(20-21-16)19-17(24)12-13-3-2-4-14(18)11-13/h2-6,11H,7-10,12H2,1H3,(H,19,20,24). The van der Waals surface area contributed by atoms with Gasteiger partial charge in [0.1, 0.15) is 5.82 Å². The second-order valence-electron chi connectivity index (χ2n) is 5.92. The summed E-state index contributed by atoms with van der Waals surface area (Å²) in [6.07, 6.45) is 0.0969. The number of carbonyl (C=O) groups is 1. The van der Waals surface area contributed by atoms with Crippen LogP contribution in [0.5, 0.6) is 0 Å². The van der Waals surface area contributed by atoms with Crippen LogP contribution in [0.15, 0.2) is 36.4 Å². The first-order valence-corrected chi connectivity index (χ1v) is 7.92. The molecular formula is C17H20FN5O. The minimum atomic E-state index is -0.350. The van der Waals surface area contributed by atoms with Crippen LogP contribution >= 0.6 is 0 Å². The summed E-state index contributed by atoms with van der Waals surface area (Å²) in [5.74, 6) is 0.611. The van der Waals surface area contributed by atoms with E-state index < -0.39 is 0 Å². The van der Waals surface area contributed by atoms with E-state index in [-0.39, 0.29) is 18.1 Å². The van der Waals surface area contributed by atoms with E-state index in [4.69, 9.17) is 0 Å². The molecule has 0 bridgehead atoms. The molecule has 1 N–H and O–H groups in total. The van der Waals surface area contributed by atoms with Crippen LogP contribution in [-0.4, -0.2) is 54.2 Å². The molecule has 0 radical (unpaired) electrons. The van der Waals surface area contributed by atoms with E-state index in [1.165, 1.54) is 12.1 Å². The Morgan fingerprint density at radius 1 is 1.17 bits per heavy atom. The van der Waals surface area contributed by atoms with Gasteiger partial charge in [0, 0.05) is 26.2 Å². The molecule has 1 aromatic heterocycles. The Morgan fingerprint density at radius 2 is 1.96 bits per heavy atom. The highest BCUT2D eigenvalue weighted by Crippen LogP contribution is 2.14. The molecule has 1 aromatic carbocycles. The summed E-state index contributed by atoms with van der Waals surface area (Å²) >= 11 is 0. The minimum absolute atomic E-state index is 0.0969. The number of piperazine rings is 1. The van der Waals surface area contributed by atoms with Crippen LogP contribution < -0.4 is 10.2 Å². The van der Waals surface area contributed by atoms with Gasteiger partial charge in [0.05, 0.1) is 6.42 Å². The lowest BCUT2D eigenvalue weighted by Gasteiger charge is -2.32. The van der Waals surface area contributed by atoms with Gasteiger partial charge in [-0.25, -0.2) is 4.39 Å². The van der Waals surface area contributed by atoms with Crippen LogP contribution in [0.3, 0.4) is 0 Å². The van der Waals surface area contributed by atoms with E-state index in [9.17, 15) is 9.18 Å². The minimum Gasteiger partial charge on any atom is -0.353 e. The maximum Gasteiger partial charge on any atom is 0.229 e. The summed E-state index contributed by atoms with van der Waals surface area (Å²) in [6.45, 7) is 3.81. The first-order valence-electron chi connectivity index (χ1n) is 7.92. The van der Waals surface area contributed by atoms with Gasteiger partial charge in [-0.05, 0) is 36.9 Å². The third-order valence-electron chi connectivity index (χ3n) is 4.00. The molecule has 2 heterocycles. The molecule has 0 atom stereocenters. The molecule has 126 valence electrons. The molecule has 7 heteroatoms. The number of benzene rings is 1. The van der Waals surface area contributed by atoms with Crippen molar-refractivity contribution in [3.63, 3.8) is 0 Å². The number of nitrogens with zero attached hydrogens (tertiary/aromatic N) is 4. The Balaban J connectivity index is 1.56. The number of anilines is 2. The highest BCUT2D eigenvalue weighted by molar-refractivity contribution is 5.91. The fraction of sp³-hybridized carbons (Fsp3) is 0.353. The highest BCUT2D eigenvalue weighted by atomic mass is 19.1. The van der Waals surface area contributed by atoms with Crippen molar-refractivity contribution >= 4 is 17.5 Å². The van der Waals surface area contributed by atoms with Crippen molar-refractivity contribution in [1.82, 2.24) is 15.1 Å². The molecule has 24 heavy (non-hydrogen) atoms. The number of rotatable bonds is 4. The fourth-order valence-corrected chi connectivity index (χ4v) is 2.62. The van der Waals surface area contributed by atoms with Crippen LogP contribution in [0.25, 0.3) is 0 Å². The Hall–Kier alpha value is -2.54. The monoisotopic (exact) mass is 329 g/mol. The average molecular weight is 329 g/mol. The van der Waals surface area contributed by atoms with Crippen molar-refractivity contribution in [1.29, 1.82) is 0 Å². The molecule has 0 unspecified atom stereocenters. The van der Waals surface area contributed by atoms with Crippen molar-refractivity contribution in [2.24, 2.45) is 0 Å². The van der Waals surface area contributed by atoms with Gasteiger partial charge in [0.2, 0.25) is 5.91 Å². The normalized spacial score (nSPS) is 15.3.